The van der Waals surface area contributed by atoms with Crippen LogP contribution in [0.25, 0.3) is 0 Å². The number of ether oxygens (including phenoxy) is 1. The summed E-state index contributed by atoms with van der Waals surface area (Å²) in [7, 11) is 1.68. The third-order valence-electron chi connectivity index (χ3n) is 5.16. The molecule has 6 nitrogen and oxygen atoms in total. The van der Waals surface area contributed by atoms with Crippen molar-refractivity contribution in [1.29, 1.82) is 0 Å². The molecule has 1 aliphatic rings. The average molecular weight is 390 g/mol. The zero-order valence-electron chi connectivity index (χ0n) is 16.8. The molecule has 0 unspecified atom stereocenters. The van der Waals surface area contributed by atoms with Gasteiger partial charge in [-0.2, -0.15) is 0 Å². The summed E-state index contributed by atoms with van der Waals surface area (Å²) in [5, 5.41) is 6.72. The van der Waals surface area contributed by atoms with Gasteiger partial charge in [-0.3, -0.25) is 0 Å². The van der Waals surface area contributed by atoms with Gasteiger partial charge < -0.3 is 20.3 Å². The van der Waals surface area contributed by atoms with Crippen molar-refractivity contribution in [3.05, 3.63) is 66.5 Å². The van der Waals surface area contributed by atoms with Crippen LogP contribution < -0.4 is 20.3 Å². The first-order valence-corrected chi connectivity index (χ1v) is 10.1. The maximum absolute atomic E-state index is 5.20. The van der Waals surface area contributed by atoms with Crippen LogP contribution >= 0.6 is 0 Å². The molecule has 29 heavy (non-hydrogen) atoms. The van der Waals surface area contributed by atoms with E-state index >= 15 is 0 Å². The maximum atomic E-state index is 5.20. The zero-order valence-corrected chi connectivity index (χ0v) is 16.8. The number of anilines is 4. The second kappa shape index (κ2) is 9.28. The van der Waals surface area contributed by atoms with Gasteiger partial charge in [-0.1, -0.05) is 12.1 Å². The molecule has 0 aliphatic carbocycles. The Labute approximate surface area is 172 Å². The Morgan fingerprint density at radius 1 is 0.931 bits per heavy atom. The minimum Gasteiger partial charge on any atom is -0.497 e. The van der Waals surface area contributed by atoms with E-state index in [2.05, 4.69) is 61.9 Å². The molecular formula is C23H27N5O. The molecule has 4 rings (SSSR count). The van der Waals surface area contributed by atoms with E-state index in [0.717, 1.165) is 49.1 Å². The van der Waals surface area contributed by atoms with Crippen LogP contribution in [0.4, 0.5) is 23.0 Å². The van der Waals surface area contributed by atoms with Gasteiger partial charge in [-0.25, -0.2) is 9.97 Å². The van der Waals surface area contributed by atoms with Crippen molar-refractivity contribution in [2.24, 2.45) is 0 Å². The first-order valence-electron chi connectivity index (χ1n) is 10.1. The first kappa shape index (κ1) is 19.1. The van der Waals surface area contributed by atoms with Crippen LogP contribution in [0.2, 0.25) is 0 Å². The summed E-state index contributed by atoms with van der Waals surface area (Å²) in [5.41, 5.74) is 3.57. The Hall–Kier alpha value is -3.28. The van der Waals surface area contributed by atoms with Gasteiger partial charge in [0.1, 0.15) is 23.7 Å². The molecule has 2 heterocycles. The number of hydrogen-bond acceptors (Lipinski definition) is 6. The topological polar surface area (TPSA) is 62.3 Å². The molecular weight excluding hydrogens is 362 g/mol. The van der Waals surface area contributed by atoms with Crippen molar-refractivity contribution < 1.29 is 4.74 Å². The number of benzene rings is 2. The van der Waals surface area contributed by atoms with Gasteiger partial charge >= 0.3 is 0 Å². The highest BCUT2D eigenvalue weighted by atomic mass is 16.5. The van der Waals surface area contributed by atoms with Crippen LogP contribution in [-0.2, 0) is 6.42 Å². The van der Waals surface area contributed by atoms with Gasteiger partial charge in [0.25, 0.3) is 0 Å². The number of nitrogens with zero attached hydrogens (tertiary/aromatic N) is 3. The fraction of sp³-hybridized carbons (Fsp3) is 0.304. The van der Waals surface area contributed by atoms with E-state index < -0.39 is 0 Å². The number of nitrogens with one attached hydrogen (secondary N) is 2. The van der Waals surface area contributed by atoms with Gasteiger partial charge in [0.2, 0.25) is 0 Å². The Balaban J connectivity index is 1.30. The van der Waals surface area contributed by atoms with Crippen molar-refractivity contribution >= 4 is 23.0 Å². The lowest BCUT2D eigenvalue weighted by atomic mass is 10.1. The van der Waals surface area contributed by atoms with Gasteiger partial charge in [0, 0.05) is 37.1 Å². The lowest BCUT2D eigenvalue weighted by Gasteiger charge is -2.18. The summed E-state index contributed by atoms with van der Waals surface area (Å²) in [6, 6.07) is 18.6. The highest BCUT2D eigenvalue weighted by molar-refractivity contribution is 5.62. The number of rotatable bonds is 8. The Kier molecular flexibility index (Phi) is 6.10. The van der Waals surface area contributed by atoms with E-state index in [1.165, 1.54) is 24.1 Å². The van der Waals surface area contributed by atoms with Gasteiger partial charge in [-0.15, -0.1) is 0 Å². The van der Waals surface area contributed by atoms with Crippen molar-refractivity contribution in [2.45, 2.75) is 19.3 Å². The molecule has 1 saturated heterocycles. The minimum atomic E-state index is 0.779. The van der Waals surface area contributed by atoms with E-state index in [-0.39, 0.29) is 0 Å². The number of aromatic nitrogens is 2. The molecule has 0 radical (unpaired) electrons. The highest BCUT2D eigenvalue weighted by Gasteiger charge is 2.11. The minimum absolute atomic E-state index is 0.779. The molecule has 0 atom stereocenters. The largest absolute Gasteiger partial charge is 0.497 e. The van der Waals surface area contributed by atoms with E-state index in [4.69, 9.17) is 4.74 Å². The molecule has 2 aromatic carbocycles. The Bertz CT molecular complexity index is 905. The van der Waals surface area contributed by atoms with Gasteiger partial charge in [0.05, 0.1) is 7.11 Å². The first-order chi connectivity index (χ1) is 14.3. The summed E-state index contributed by atoms with van der Waals surface area (Å²) < 4.78 is 5.20. The molecule has 3 aromatic rings. The molecule has 0 spiro atoms. The van der Waals surface area contributed by atoms with E-state index in [1.54, 1.807) is 13.4 Å². The van der Waals surface area contributed by atoms with Crippen LogP contribution in [0.5, 0.6) is 5.75 Å². The second-order valence-electron chi connectivity index (χ2n) is 7.18. The standard InChI is InChI=1S/C23H27N5O/c1-29-21-10-4-18(5-11-21)12-13-24-22-16-23(26-17-25-22)27-19-6-8-20(9-7-19)28-14-2-3-15-28/h4-11,16-17H,2-3,12-15H2,1H3,(H2,24,25,26,27). The predicted octanol–water partition coefficient (Wildman–Crippen LogP) is 4.48. The molecule has 1 fully saturated rings. The average Bonchev–Trinajstić information content (AvgIpc) is 3.30. The third kappa shape index (κ3) is 5.16. The van der Waals surface area contributed by atoms with E-state index in [1.807, 2.05) is 18.2 Å². The lowest BCUT2D eigenvalue weighted by Crippen LogP contribution is -2.17. The van der Waals surface area contributed by atoms with Crippen LogP contribution in [0, 0.1) is 0 Å². The Morgan fingerprint density at radius 2 is 1.66 bits per heavy atom. The van der Waals surface area contributed by atoms with Gasteiger partial charge in [0.15, 0.2) is 0 Å². The number of hydrogen-bond donors (Lipinski definition) is 2. The maximum Gasteiger partial charge on any atom is 0.135 e. The summed E-state index contributed by atoms with van der Waals surface area (Å²) in [4.78, 5) is 11.1. The Morgan fingerprint density at radius 3 is 2.38 bits per heavy atom. The lowest BCUT2D eigenvalue weighted by molar-refractivity contribution is 0.414. The zero-order chi connectivity index (χ0) is 19.9. The molecule has 0 bridgehead atoms. The quantitative estimate of drug-likeness (QED) is 0.592. The molecule has 0 amide bonds. The van der Waals surface area contributed by atoms with E-state index in [9.17, 15) is 0 Å². The van der Waals surface area contributed by atoms with Gasteiger partial charge in [-0.05, 0) is 61.2 Å². The van der Waals surface area contributed by atoms with Crippen molar-refractivity contribution in [2.75, 3.05) is 42.3 Å². The molecule has 0 saturated carbocycles. The molecule has 2 N–H and O–H groups in total. The molecule has 6 heteroatoms. The van der Waals surface area contributed by atoms with Crippen LogP contribution in [0.15, 0.2) is 60.9 Å². The van der Waals surface area contributed by atoms with Crippen LogP contribution in [-0.4, -0.2) is 36.7 Å². The van der Waals surface area contributed by atoms with Crippen molar-refractivity contribution in [3.63, 3.8) is 0 Å². The van der Waals surface area contributed by atoms with E-state index in [0.29, 0.717) is 0 Å². The summed E-state index contributed by atoms with van der Waals surface area (Å²) in [5.74, 6) is 2.47. The van der Waals surface area contributed by atoms with Crippen LogP contribution in [0.3, 0.4) is 0 Å². The smallest absolute Gasteiger partial charge is 0.135 e. The second-order valence-corrected chi connectivity index (χ2v) is 7.18. The SMILES string of the molecule is COc1ccc(CCNc2cc(Nc3ccc(N4CCCC4)cc3)ncn2)cc1. The highest BCUT2D eigenvalue weighted by Crippen LogP contribution is 2.23. The summed E-state index contributed by atoms with van der Waals surface area (Å²) in [6.07, 6.45) is 5.07. The fourth-order valence-electron chi connectivity index (χ4n) is 3.53. The molecule has 1 aliphatic heterocycles. The van der Waals surface area contributed by atoms with Crippen LogP contribution in [0.1, 0.15) is 18.4 Å². The third-order valence-corrected chi connectivity index (χ3v) is 5.16. The van der Waals surface area contributed by atoms with Crippen molar-refractivity contribution in [3.8, 4) is 5.75 Å². The number of methoxy groups -OCH3 is 1. The summed E-state index contributed by atoms with van der Waals surface area (Å²) in [6.45, 7) is 3.11. The fourth-order valence-corrected chi connectivity index (χ4v) is 3.53. The summed E-state index contributed by atoms with van der Waals surface area (Å²) >= 11 is 0. The normalized spacial score (nSPS) is 13.3. The molecule has 1 aromatic heterocycles. The predicted molar refractivity (Wildman–Crippen MR) is 118 cm³/mol. The monoisotopic (exact) mass is 389 g/mol. The van der Waals surface area contributed by atoms with Crippen molar-refractivity contribution in [1.82, 2.24) is 9.97 Å². The molecule has 150 valence electrons.